The Bertz CT molecular complexity index is 588. The number of thiazole rings is 1. The molecule has 2 heterocycles. The van der Waals surface area contributed by atoms with Gasteiger partial charge in [0.25, 0.3) is 0 Å². The quantitative estimate of drug-likeness (QED) is 0.935. The number of rotatable bonds is 3. The number of aromatic carboxylic acids is 1. The maximum Gasteiger partial charge on any atom is 0.348 e. The molecule has 1 unspecified atom stereocenters. The van der Waals surface area contributed by atoms with E-state index in [2.05, 4.69) is 4.98 Å². The Balaban J connectivity index is 2.05. The van der Waals surface area contributed by atoms with Crippen molar-refractivity contribution in [2.75, 3.05) is 13.2 Å². The first-order valence-corrected chi connectivity index (χ1v) is 6.94. The lowest BCUT2D eigenvalue weighted by Crippen LogP contribution is -1.96. The Morgan fingerprint density at radius 1 is 1.37 bits per heavy atom. The second-order valence-electron chi connectivity index (χ2n) is 4.46. The van der Waals surface area contributed by atoms with Gasteiger partial charge in [0.1, 0.15) is 4.88 Å². The maximum atomic E-state index is 11.4. The summed E-state index contributed by atoms with van der Waals surface area (Å²) < 4.78 is 5.35. The topological polar surface area (TPSA) is 59.4 Å². The number of hydrogen-bond donors (Lipinski definition) is 1. The van der Waals surface area contributed by atoms with Gasteiger partial charge >= 0.3 is 5.97 Å². The SMILES string of the molecule is O=C(O)c1sc(C2CCOC2)nc1-c1ccccc1. The van der Waals surface area contributed by atoms with Gasteiger partial charge in [-0.3, -0.25) is 0 Å². The first-order chi connectivity index (χ1) is 9.25. The van der Waals surface area contributed by atoms with Crippen LogP contribution in [-0.2, 0) is 4.74 Å². The molecular formula is C14H13NO3S. The van der Waals surface area contributed by atoms with E-state index in [0.29, 0.717) is 17.2 Å². The van der Waals surface area contributed by atoms with Crippen molar-refractivity contribution in [3.05, 3.63) is 40.2 Å². The number of carbonyl (C=O) groups is 1. The predicted molar refractivity (Wildman–Crippen MR) is 72.7 cm³/mol. The second kappa shape index (κ2) is 5.11. The minimum absolute atomic E-state index is 0.237. The number of nitrogens with zero attached hydrogens (tertiary/aromatic N) is 1. The highest BCUT2D eigenvalue weighted by Gasteiger charge is 2.26. The monoisotopic (exact) mass is 275 g/mol. The van der Waals surface area contributed by atoms with Gasteiger partial charge in [0.05, 0.1) is 17.3 Å². The third-order valence-corrected chi connectivity index (χ3v) is 4.37. The third kappa shape index (κ3) is 2.39. The van der Waals surface area contributed by atoms with Gasteiger partial charge in [-0.1, -0.05) is 30.3 Å². The molecule has 0 radical (unpaired) electrons. The predicted octanol–water partition coefficient (Wildman–Crippen LogP) is 3.01. The van der Waals surface area contributed by atoms with Gasteiger partial charge in [0.2, 0.25) is 0 Å². The summed E-state index contributed by atoms with van der Waals surface area (Å²) in [6.45, 7) is 1.37. The molecule has 1 aliphatic rings. The van der Waals surface area contributed by atoms with E-state index in [9.17, 15) is 9.90 Å². The Hall–Kier alpha value is -1.72. The zero-order chi connectivity index (χ0) is 13.2. The van der Waals surface area contributed by atoms with Crippen LogP contribution in [0.15, 0.2) is 30.3 Å². The highest BCUT2D eigenvalue weighted by atomic mass is 32.1. The van der Waals surface area contributed by atoms with Crippen molar-refractivity contribution < 1.29 is 14.6 Å². The van der Waals surface area contributed by atoms with Crippen molar-refractivity contribution in [3.8, 4) is 11.3 Å². The Morgan fingerprint density at radius 2 is 2.16 bits per heavy atom. The second-order valence-corrected chi connectivity index (χ2v) is 5.49. The van der Waals surface area contributed by atoms with Crippen molar-refractivity contribution in [3.63, 3.8) is 0 Å². The minimum atomic E-state index is -0.915. The fourth-order valence-corrected chi connectivity index (χ4v) is 3.22. The van der Waals surface area contributed by atoms with E-state index in [4.69, 9.17) is 4.74 Å². The van der Waals surface area contributed by atoms with Crippen molar-refractivity contribution in [1.29, 1.82) is 0 Å². The molecule has 1 aromatic heterocycles. The summed E-state index contributed by atoms with van der Waals surface area (Å²) in [4.78, 5) is 16.2. The molecule has 3 rings (SSSR count). The lowest BCUT2D eigenvalue weighted by Gasteiger charge is -2.01. The van der Waals surface area contributed by atoms with Crippen LogP contribution in [0.5, 0.6) is 0 Å². The molecule has 1 N–H and O–H groups in total. The van der Waals surface area contributed by atoms with Gasteiger partial charge in [0, 0.05) is 18.1 Å². The van der Waals surface area contributed by atoms with E-state index < -0.39 is 5.97 Å². The number of benzene rings is 1. The van der Waals surface area contributed by atoms with Crippen LogP contribution in [-0.4, -0.2) is 29.3 Å². The van der Waals surface area contributed by atoms with Crippen molar-refractivity contribution in [1.82, 2.24) is 4.98 Å². The van der Waals surface area contributed by atoms with Gasteiger partial charge in [0.15, 0.2) is 0 Å². The van der Waals surface area contributed by atoms with Crippen molar-refractivity contribution in [2.45, 2.75) is 12.3 Å². The molecule has 1 atom stereocenters. The van der Waals surface area contributed by atoms with Gasteiger partial charge < -0.3 is 9.84 Å². The molecule has 4 nitrogen and oxygen atoms in total. The van der Waals surface area contributed by atoms with E-state index >= 15 is 0 Å². The smallest absolute Gasteiger partial charge is 0.348 e. The molecular weight excluding hydrogens is 262 g/mol. The molecule has 0 aliphatic carbocycles. The Morgan fingerprint density at radius 3 is 2.79 bits per heavy atom. The van der Waals surface area contributed by atoms with Crippen molar-refractivity contribution in [2.24, 2.45) is 0 Å². The van der Waals surface area contributed by atoms with E-state index in [0.717, 1.165) is 23.6 Å². The fourth-order valence-electron chi connectivity index (χ4n) is 2.18. The van der Waals surface area contributed by atoms with E-state index in [1.807, 2.05) is 30.3 Å². The first kappa shape index (κ1) is 12.3. The van der Waals surface area contributed by atoms with E-state index in [1.54, 1.807) is 0 Å². The van der Waals surface area contributed by atoms with Gasteiger partial charge in [-0.05, 0) is 6.42 Å². The summed E-state index contributed by atoms with van der Waals surface area (Å²) >= 11 is 1.27. The van der Waals surface area contributed by atoms with Crippen LogP contribution in [0.1, 0.15) is 27.0 Å². The molecule has 1 aromatic carbocycles. The van der Waals surface area contributed by atoms with Gasteiger partial charge in [-0.25, -0.2) is 9.78 Å². The van der Waals surface area contributed by atoms with Crippen molar-refractivity contribution >= 4 is 17.3 Å². The molecule has 1 aliphatic heterocycles. The van der Waals surface area contributed by atoms with Gasteiger partial charge in [-0.2, -0.15) is 0 Å². The number of hydrogen-bond acceptors (Lipinski definition) is 4. The number of aromatic nitrogens is 1. The molecule has 1 fully saturated rings. The van der Waals surface area contributed by atoms with Crippen LogP contribution >= 0.6 is 11.3 Å². The average molecular weight is 275 g/mol. The third-order valence-electron chi connectivity index (χ3n) is 3.16. The summed E-state index contributed by atoms with van der Waals surface area (Å²) in [6.07, 6.45) is 0.917. The lowest BCUT2D eigenvalue weighted by atomic mass is 10.1. The van der Waals surface area contributed by atoms with Crippen LogP contribution in [0.2, 0.25) is 0 Å². The van der Waals surface area contributed by atoms with Crippen LogP contribution in [0.25, 0.3) is 11.3 Å². The average Bonchev–Trinajstić information content (AvgIpc) is 3.08. The maximum absolute atomic E-state index is 11.4. The first-order valence-electron chi connectivity index (χ1n) is 6.13. The number of ether oxygens (including phenoxy) is 1. The van der Waals surface area contributed by atoms with Crippen LogP contribution < -0.4 is 0 Å². The molecule has 5 heteroatoms. The molecule has 0 amide bonds. The van der Waals surface area contributed by atoms with Gasteiger partial charge in [-0.15, -0.1) is 11.3 Å². The fraction of sp³-hybridized carbons (Fsp3) is 0.286. The minimum Gasteiger partial charge on any atom is -0.477 e. The largest absolute Gasteiger partial charge is 0.477 e. The summed E-state index contributed by atoms with van der Waals surface area (Å²) in [5.41, 5.74) is 1.42. The van der Waals surface area contributed by atoms with E-state index in [-0.39, 0.29) is 5.92 Å². The van der Waals surface area contributed by atoms with Crippen LogP contribution in [0.4, 0.5) is 0 Å². The molecule has 98 valence electrons. The number of carboxylic acids is 1. The van der Waals surface area contributed by atoms with E-state index in [1.165, 1.54) is 11.3 Å². The summed E-state index contributed by atoms with van der Waals surface area (Å²) in [5.74, 6) is -0.679. The van der Waals surface area contributed by atoms with Crippen LogP contribution in [0, 0.1) is 0 Å². The lowest BCUT2D eigenvalue weighted by molar-refractivity contribution is 0.0702. The highest BCUT2D eigenvalue weighted by Crippen LogP contribution is 2.34. The summed E-state index contributed by atoms with van der Waals surface area (Å²) in [6, 6.07) is 9.45. The summed E-state index contributed by atoms with van der Waals surface area (Å²) in [5, 5.41) is 10.2. The highest BCUT2D eigenvalue weighted by molar-refractivity contribution is 7.14. The molecule has 0 bridgehead atoms. The molecule has 2 aromatic rings. The standard InChI is InChI=1S/C14H13NO3S/c16-14(17)12-11(9-4-2-1-3-5-9)15-13(19-12)10-6-7-18-8-10/h1-5,10H,6-8H2,(H,16,17). The molecule has 0 saturated carbocycles. The summed E-state index contributed by atoms with van der Waals surface area (Å²) in [7, 11) is 0. The molecule has 1 saturated heterocycles. The Labute approximate surface area is 114 Å². The Kier molecular flexibility index (Phi) is 3.31. The molecule has 0 spiro atoms. The van der Waals surface area contributed by atoms with Crippen LogP contribution in [0.3, 0.4) is 0 Å². The normalized spacial score (nSPS) is 18.6. The zero-order valence-corrected chi connectivity index (χ0v) is 11.0. The zero-order valence-electron chi connectivity index (χ0n) is 10.2. The molecule has 19 heavy (non-hydrogen) atoms. The number of carboxylic acid groups (broad SMARTS) is 1.